The predicted molar refractivity (Wildman–Crippen MR) is 93.9 cm³/mol. The van der Waals surface area contributed by atoms with Crippen molar-refractivity contribution in [3.05, 3.63) is 58.1 Å². The Balaban J connectivity index is 1.77. The first-order valence-electron chi connectivity index (χ1n) is 7.32. The molecule has 0 aliphatic carbocycles. The predicted octanol–water partition coefficient (Wildman–Crippen LogP) is 4.08. The molecule has 23 heavy (non-hydrogen) atoms. The molecule has 1 amide bonds. The molecule has 0 atom stereocenters. The van der Waals surface area contributed by atoms with Gasteiger partial charge in [0.15, 0.2) is 0 Å². The van der Waals surface area contributed by atoms with Crippen LogP contribution in [0.15, 0.2) is 42.5 Å². The fourth-order valence-electron chi connectivity index (χ4n) is 2.47. The summed E-state index contributed by atoms with van der Waals surface area (Å²) in [5.74, 6) is -0.281. The second kappa shape index (κ2) is 7.21. The highest BCUT2D eigenvalue weighted by Crippen LogP contribution is 2.24. The first-order valence-corrected chi connectivity index (χ1v) is 8.08. The number of hydrogen-bond acceptors (Lipinski definition) is 3. The van der Waals surface area contributed by atoms with Crippen LogP contribution >= 0.6 is 23.2 Å². The third-order valence-electron chi connectivity index (χ3n) is 3.65. The van der Waals surface area contributed by atoms with Gasteiger partial charge in [0.1, 0.15) is 0 Å². The Hall–Kier alpha value is -1.75. The van der Waals surface area contributed by atoms with E-state index in [9.17, 15) is 4.79 Å². The lowest BCUT2D eigenvalue weighted by atomic mass is 10.2. The maximum Gasteiger partial charge on any atom is 0.257 e. The van der Waals surface area contributed by atoms with Crippen LogP contribution in [0.4, 0.5) is 11.4 Å². The minimum Gasteiger partial charge on any atom is -0.378 e. The molecule has 0 saturated carbocycles. The molecule has 1 aliphatic heterocycles. The van der Waals surface area contributed by atoms with Gasteiger partial charge in [0.2, 0.25) is 0 Å². The molecule has 2 aromatic carbocycles. The van der Waals surface area contributed by atoms with E-state index in [-0.39, 0.29) is 5.91 Å². The van der Waals surface area contributed by atoms with Gasteiger partial charge in [-0.15, -0.1) is 0 Å². The number of halogens is 2. The van der Waals surface area contributed by atoms with Gasteiger partial charge in [0.05, 0.1) is 23.8 Å². The third kappa shape index (κ3) is 3.96. The summed E-state index contributed by atoms with van der Waals surface area (Å²) in [4.78, 5) is 14.6. The molecular formula is C17H16Cl2N2O2. The Morgan fingerprint density at radius 1 is 1.09 bits per heavy atom. The first kappa shape index (κ1) is 16.1. The van der Waals surface area contributed by atoms with Gasteiger partial charge in [0.25, 0.3) is 5.91 Å². The number of carbonyl (C=O) groups is 1. The lowest BCUT2D eigenvalue weighted by Gasteiger charge is -2.29. The Kier molecular flexibility index (Phi) is 5.06. The molecule has 1 saturated heterocycles. The number of ether oxygens (including phenoxy) is 1. The summed E-state index contributed by atoms with van der Waals surface area (Å²) in [5.41, 5.74) is 2.13. The monoisotopic (exact) mass is 350 g/mol. The lowest BCUT2D eigenvalue weighted by molar-refractivity contribution is 0.102. The van der Waals surface area contributed by atoms with E-state index >= 15 is 0 Å². The van der Waals surface area contributed by atoms with Crippen molar-refractivity contribution in [3.63, 3.8) is 0 Å². The van der Waals surface area contributed by atoms with Gasteiger partial charge in [0, 0.05) is 29.5 Å². The van der Waals surface area contributed by atoms with Crippen molar-refractivity contribution in [3.8, 4) is 0 Å². The van der Waals surface area contributed by atoms with Gasteiger partial charge in [-0.1, -0.05) is 29.3 Å². The average molecular weight is 351 g/mol. The van der Waals surface area contributed by atoms with E-state index in [1.54, 1.807) is 18.2 Å². The molecule has 2 aromatic rings. The molecule has 1 heterocycles. The van der Waals surface area contributed by atoms with Crippen molar-refractivity contribution in [2.45, 2.75) is 0 Å². The molecular weight excluding hydrogens is 335 g/mol. The molecule has 1 fully saturated rings. The third-order valence-corrected chi connectivity index (χ3v) is 4.22. The van der Waals surface area contributed by atoms with Gasteiger partial charge in [-0.25, -0.2) is 0 Å². The second-order valence-corrected chi connectivity index (χ2v) is 6.07. The van der Waals surface area contributed by atoms with Crippen molar-refractivity contribution in [2.24, 2.45) is 0 Å². The van der Waals surface area contributed by atoms with Crippen LogP contribution in [0.25, 0.3) is 0 Å². The maximum absolute atomic E-state index is 12.4. The van der Waals surface area contributed by atoms with Gasteiger partial charge < -0.3 is 15.0 Å². The van der Waals surface area contributed by atoms with Crippen molar-refractivity contribution in [2.75, 3.05) is 36.5 Å². The number of nitrogens with one attached hydrogen (secondary N) is 1. The summed E-state index contributed by atoms with van der Waals surface area (Å²) >= 11 is 12.0. The van der Waals surface area contributed by atoms with Crippen LogP contribution in [0.3, 0.4) is 0 Å². The van der Waals surface area contributed by atoms with Gasteiger partial charge in [-0.3, -0.25) is 4.79 Å². The highest BCUT2D eigenvalue weighted by molar-refractivity contribution is 6.36. The Morgan fingerprint density at radius 3 is 2.65 bits per heavy atom. The summed E-state index contributed by atoms with van der Waals surface area (Å²) in [5, 5.41) is 3.71. The zero-order chi connectivity index (χ0) is 16.2. The molecule has 0 spiro atoms. The fourth-order valence-corrected chi connectivity index (χ4v) is 2.85. The highest BCUT2D eigenvalue weighted by Gasteiger charge is 2.14. The van der Waals surface area contributed by atoms with E-state index in [1.807, 2.05) is 24.3 Å². The molecule has 120 valence electrons. The quantitative estimate of drug-likeness (QED) is 0.906. The Bertz CT molecular complexity index is 715. The standard InChI is InChI=1S/C17H16Cl2N2O2/c18-12-4-5-16(19)15(10-12)17(22)20-13-2-1-3-14(11-13)21-6-8-23-9-7-21/h1-5,10-11H,6-9H2,(H,20,22). The van der Waals surface area contributed by atoms with Crippen LogP contribution in [0.1, 0.15) is 10.4 Å². The number of benzene rings is 2. The number of morpholine rings is 1. The van der Waals surface area contributed by atoms with E-state index < -0.39 is 0 Å². The SMILES string of the molecule is O=C(Nc1cccc(N2CCOCC2)c1)c1cc(Cl)ccc1Cl. The molecule has 1 N–H and O–H groups in total. The Morgan fingerprint density at radius 2 is 1.87 bits per heavy atom. The molecule has 6 heteroatoms. The summed E-state index contributed by atoms with van der Waals surface area (Å²) in [6.45, 7) is 3.12. The van der Waals surface area contributed by atoms with E-state index in [0.717, 1.165) is 24.5 Å². The summed E-state index contributed by atoms with van der Waals surface area (Å²) in [7, 11) is 0. The molecule has 0 unspecified atom stereocenters. The zero-order valence-electron chi connectivity index (χ0n) is 12.4. The van der Waals surface area contributed by atoms with Crippen molar-refractivity contribution in [1.82, 2.24) is 0 Å². The maximum atomic E-state index is 12.4. The largest absolute Gasteiger partial charge is 0.378 e. The normalized spacial score (nSPS) is 14.6. The number of hydrogen-bond donors (Lipinski definition) is 1. The lowest BCUT2D eigenvalue weighted by Crippen LogP contribution is -2.36. The molecule has 3 rings (SSSR count). The second-order valence-electron chi connectivity index (χ2n) is 5.23. The highest BCUT2D eigenvalue weighted by atomic mass is 35.5. The fraction of sp³-hybridized carbons (Fsp3) is 0.235. The van der Waals surface area contributed by atoms with E-state index in [1.165, 1.54) is 0 Å². The summed E-state index contributed by atoms with van der Waals surface area (Å²) < 4.78 is 5.36. The number of rotatable bonds is 3. The molecule has 0 bridgehead atoms. The number of anilines is 2. The number of amides is 1. The minimum atomic E-state index is -0.281. The average Bonchev–Trinajstić information content (AvgIpc) is 2.58. The van der Waals surface area contributed by atoms with Gasteiger partial charge >= 0.3 is 0 Å². The topological polar surface area (TPSA) is 41.6 Å². The van der Waals surface area contributed by atoms with Crippen molar-refractivity contribution in [1.29, 1.82) is 0 Å². The van der Waals surface area contributed by atoms with Gasteiger partial charge in [-0.05, 0) is 36.4 Å². The zero-order valence-corrected chi connectivity index (χ0v) is 13.9. The molecule has 1 aliphatic rings. The van der Waals surface area contributed by atoms with Crippen LogP contribution in [-0.2, 0) is 4.74 Å². The smallest absolute Gasteiger partial charge is 0.257 e. The van der Waals surface area contributed by atoms with Crippen LogP contribution < -0.4 is 10.2 Å². The molecule has 0 radical (unpaired) electrons. The van der Waals surface area contributed by atoms with Crippen LogP contribution in [0, 0.1) is 0 Å². The van der Waals surface area contributed by atoms with E-state index in [0.29, 0.717) is 28.8 Å². The minimum absolute atomic E-state index is 0.281. The number of nitrogens with zero attached hydrogens (tertiary/aromatic N) is 1. The van der Waals surface area contributed by atoms with Crippen molar-refractivity contribution >= 4 is 40.5 Å². The van der Waals surface area contributed by atoms with E-state index in [4.69, 9.17) is 27.9 Å². The summed E-state index contributed by atoms with van der Waals surface area (Å²) in [6, 6.07) is 12.6. The van der Waals surface area contributed by atoms with Gasteiger partial charge in [-0.2, -0.15) is 0 Å². The van der Waals surface area contributed by atoms with E-state index in [2.05, 4.69) is 10.2 Å². The van der Waals surface area contributed by atoms with Crippen LogP contribution in [0.2, 0.25) is 10.0 Å². The Labute approximate surface area is 144 Å². The molecule has 0 aromatic heterocycles. The van der Waals surface area contributed by atoms with Crippen molar-refractivity contribution < 1.29 is 9.53 Å². The molecule has 4 nitrogen and oxygen atoms in total. The first-order chi connectivity index (χ1) is 11.1. The number of carbonyl (C=O) groups excluding carboxylic acids is 1. The van der Waals surface area contributed by atoms with Crippen LogP contribution in [0.5, 0.6) is 0 Å². The summed E-state index contributed by atoms with van der Waals surface area (Å²) in [6.07, 6.45) is 0. The van der Waals surface area contributed by atoms with Crippen LogP contribution in [-0.4, -0.2) is 32.2 Å².